The Labute approximate surface area is 222 Å². The van der Waals surface area contributed by atoms with Crippen molar-refractivity contribution < 1.29 is 9.53 Å². The Morgan fingerprint density at radius 2 is 2.14 bits per heavy atom. The fourth-order valence-corrected chi connectivity index (χ4v) is 5.72. The van der Waals surface area contributed by atoms with E-state index < -0.39 is 5.60 Å². The number of anilines is 1. The Balaban J connectivity index is 1.32. The van der Waals surface area contributed by atoms with Gasteiger partial charge in [0, 0.05) is 36.9 Å². The minimum atomic E-state index is -0.502. The molecule has 0 bridgehead atoms. The first-order valence-corrected chi connectivity index (χ1v) is 12.9. The second-order valence-corrected chi connectivity index (χ2v) is 11.6. The first-order chi connectivity index (χ1) is 17.6. The van der Waals surface area contributed by atoms with Crippen LogP contribution in [0, 0.1) is 16.7 Å². The maximum Gasteiger partial charge on any atom is 0.410 e. The number of carbonyl (C=O) groups excluding carboxylic acids is 1. The van der Waals surface area contributed by atoms with Gasteiger partial charge < -0.3 is 15.0 Å². The molecule has 1 aliphatic carbocycles. The highest BCUT2D eigenvalue weighted by Gasteiger charge is 2.51. The van der Waals surface area contributed by atoms with Crippen molar-refractivity contribution in [3.8, 4) is 17.3 Å². The van der Waals surface area contributed by atoms with Crippen LogP contribution >= 0.6 is 11.6 Å². The molecule has 37 heavy (non-hydrogen) atoms. The number of hydrogen-bond acceptors (Lipinski definition) is 6. The zero-order valence-corrected chi connectivity index (χ0v) is 22.4. The van der Waals surface area contributed by atoms with Gasteiger partial charge in [-0.25, -0.2) is 9.48 Å². The predicted molar refractivity (Wildman–Crippen MR) is 141 cm³/mol. The fraction of sp³-hybridized carbons (Fsp3) is 0.481. The molecule has 5 rings (SSSR count). The lowest BCUT2D eigenvalue weighted by Crippen LogP contribution is -2.43. The summed E-state index contributed by atoms with van der Waals surface area (Å²) in [5.41, 5.74) is 2.53. The molecule has 1 spiro atoms. The molecule has 10 heteroatoms. The van der Waals surface area contributed by atoms with Crippen molar-refractivity contribution in [1.82, 2.24) is 24.5 Å². The van der Waals surface area contributed by atoms with E-state index in [1.165, 1.54) is 0 Å². The molecule has 1 N–H and O–H groups in total. The van der Waals surface area contributed by atoms with Gasteiger partial charge >= 0.3 is 6.09 Å². The SMILES string of the molecule is CNc1c(C#N)c(-c2cnn(Cc3cccc(Cl)c3)c2)nn1[C@H]1C[C@@]2(CCN(C(=O)OC(C)(C)C)C2)C1. The smallest absolute Gasteiger partial charge is 0.410 e. The number of amides is 1. The summed E-state index contributed by atoms with van der Waals surface area (Å²) in [7, 11) is 1.81. The lowest BCUT2D eigenvalue weighted by molar-refractivity contribution is 0.0188. The molecular formula is C27H32ClN7O2. The van der Waals surface area contributed by atoms with E-state index in [0.29, 0.717) is 41.7 Å². The molecule has 2 fully saturated rings. The number of aromatic nitrogens is 4. The molecule has 0 radical (unpaired) electrons. The maximum absolute atomic E-state index is 12.5. The largest absolute Gasteiger partial charge is 0.444 e. The van der Waals surface area contributed by atoms with Crippen molar-refractivity contribution in [1.29, 1.82) is 5.26 Å². The van der Waals surface area contributed by atoms with E-state index in [2.05, 4.69) is 16.5 Å². The Bertz CT molecular complexity index is 1360. The van der Waals surface area contributed by atoms with E-state index in [4.69, 9.17) is 21.4 Å². The van der Waals surface area contributed by atoms with Crippen LogP contribution in [0.15, 0.2) is 36.7 Å². The van der Waals surface area contributed by atoms with Gasteiger partial charge in [-0.1, -0.05) is 23.7 Å². The second kappa shape index (κ2) is 9.42. The number of carbonyl (C=O) groups is 1. The van der Waals surface area contributed by atoms with Crippen molar-refractivity contribution in [3.05, 3.63) is 52.8 Å². The summed E-state index contributed by atoms with van der Waals surface area (Å²) in [4.78, 5) is 14.4. The van der Waals surface area contributed by atoms with Gasteiger partial charge in [0.1, 0.15) is 28.7 Å². The topological polar surface area (TPSA) is 101 Å². The Kier molecular flexibility index (Phi) is 6.40. The van der Waals surface area contributed by atoms with E-state index in [1.54, 1.807) is 6.20 Å². The molecule has 194 valence electrons. The summed E-state index contributed by atoms with van der Waals surface area (Å²) in [5.74, 6) is 0.710. The molecule has 1 saturated carbocycles. The average Bonchev–Trinajstić information content (AvgIpc) is 3.53. The second-order valence-electron chi connectivity index (χ2n) is 11.1. The Hall–Kier alpha value is -3.51. The van der Waals surface area contributed by atoms with Crippen molar-refractivity contribution in [2.75, 3.05) is 25.5 Å². The van der Waals surface area contributed by atoms with Crippen LogP contribution in [-0.2, 0) is 11.3 Å². The first-order valence-electron chi connectivity index (χ1n) is 12.6. The molecule has 1 saturated heterocycles. The summed E-state index contributed by atoms with van der Waals surface area (Å²) in [6.07, 6.45) is 6.17. The summed E-state index contributed by atoms with van der Waals surface area (Å²) < 4.78 is 9.34. The van der Waals surface area contributed by atoms with Crippen LogP contribution in [0.25, 0.3) is 11.3 Å². The van der Waals surface area contributed by atoms with Crippen molar-refractivity contribution in [2.45, 2.75) is 58.2 Å². The summed E-state index contributed by atoms with van der Waals surface area (Å²) in [6.45, 7) is 7.64. The highest BCUT2D eigenvalue weighted by Crippen LogP contribution is 2.55. The van der Waals surface area contributed by atoms with Gasteiger partial charge in [0.25, 0.3) is 0 Å². The van der Waals surface area contributed by atoms with E-state index >= 15 is 0 Å². The number of benzene rings is 1. The summed E-state index contributed by atoms with van der Waals surface area (Å²) >= 11 is 6.12. The standard InChI is InChI=1S/C27H32ClN7O2/c1-26(2,3)37-25(36)33-9-8-27(17-33)11-21(12-27)35-24(30-4)22(13-29)23(32-35)19-14-31-34(16-19)15-18-6-5-7-20(28)10-18/h5-7,10,14,16,21,30H,8-9,11-12,15,17H2,1-4H3/t21-,27-. The van der Waals surface area contributed by atoms with Crippen LogP contribution < -0.4 is 5.32 Å². The first kappa shape index (κ1) is 25.2. The van der Waals surface area contributed by atoms with Gasteiger partial charge in [0.2, 0.25) is 0 Å². The average molecular weight is 522 g/mol. The number of ether oxygens (including phenoxy) is 1. The van der Waals surface area contributed by atoms with Crippen LogP contribution in [0.4, 0.5) is 10.6 Å². The van der Waals surface area contributed by atoms with Crippen molar-refractivity contribution >= 4 is 23.5 Å². The molecule has 9 nitrogen and oxygen atoms in total. The zero-order chi connectivity index (χ0) is 26.4. The number of halogens is 1. The lowest BCUT2D eigenvalue weighted by Gasteiger charge is -2.45. The highest BCUT2D eigenvalue weighted by molar-refractivity contribution is 6.30. The van der Waals surface area contributed by atoms with Crippen LogP contribution in [0.3, 0.4) is 0 Å². The molecule has 1 aliphatic heterocycles. The number of nitriles is 1. The van der Waals surface area contributed by atoms with Crippen LogP contribution in [0.2, 0.25) is 5.02 Å². The number of hydrogen-bond donors (Lipinski definition) is 1. The molecule has 0 atom stereocenters. The van der Waals surface area contributed by atoms with Crippen LogP contribution in [-0.4, -0.2) is 56.3 Å². The zero-order valence-electron chi connectivity index (χ0n) is 21.7. The van der Waals surface area contributed by atoms with E-state index in [-0.39, 0.29) is 17.6 Å². The number of nitrogens with one attached hydrogen (secondary N) is 1. The Morgan fingerprint density at radius 3 is 2.81 bits per heavy atom. The molecule has 0 unspecified atom stereocenters. The Morgan fingerprint density at radius 1 is 1.35 bits per heavy atom. The summed E-state index contributed by atoms with van der Waals surface area (Å²) in [6, 6.07) is 10.2. The van der Waals surface area contributed by atoms with Gasteiger partial charge in [0.05, 0.1) is 18.8 Å². The minimum Gasteiger partial charge on any atom is -0.444 e. The van der Waals surface area contributed by atoms with Gasteiger partial charge in [-0.2, -0.15) is 15.5 Å². The van der Waals surface area contributed by atoms with E-state index in [9.17, 15) is 10.1 Å². The van der Waals surface area contributed by atoms with Gasteiger partial charge in [-0.3, -0.25) is 4.68 Å². The van der Waals surface area contributed by atoms with Crippen molar-refractivity contribution in [2.24, 2.45) is 5.41 Å². The van der Waals surface area contributed by atoms with Crippen LogP contribution in [0.5, 0.6) is 0 Å². The predicted octanol–water partition coefficient (Wildman–Crippen LogP) is 5.32. The maximum atomic E-state index is 12.5. The van der Waals surface area contributed by atoms with Crippen molar-refractivity contribution in [3.63, 3.8) is 0 Å². The van der Waals surface area contributed by atoms with Gasteiger partial charge in [0.15, 0.2) is 0 Å². The van der Waals surface area contributed by atoms with Crippen LogP contribution in [0.1, 0.15) is 57.2 Å². The molecule has 3 heterocycles. The fourth-order valence-electron chi connectivity index (χ4n) is 5.50. The number of nitrogens with zero attached hydrogens (tertiary/aromatic N) is 6. The molecule has 2 aromatic heterocycles. The van der Waals surface area contributed by atoms with Gasteiger partial charge in [-0.05, 0) is 63.1 Å². The lowest BCUT2D eigenvalue weighted by atomic mass is 9.65. The molecule has 1 aromatic carbocycles. The van der Waals surface area contributed by atoms with E-state index in [1.807, 2.05) is 72.5 Å². The third kappa shape index (κ3) is 5.03. The van der Waals surface area contributed by atoms with Gasteiger partial charge in [-0.15, -0.1) is 0 Å². The molecule has 2 aliphatic rings. The third-order valence-electron chi connectivity index (χ3n) is 7.17. The highest BCUT2D eigenvalue weighted by atomic mass is 35.5. The molecule has 1 amide bonds. The summed E-state index contributed by atoms with van der Waals surface area (Å²) in [5, 5.41) is 23.3. The monoisotopic (exact) mass is 521 g/mol. The quantitative estimate of drug-likeness (QED) is 0.487. The number of likely N-dealkylation sites (tertiary alicyclic amines) is 1. The van der Waals surface area contributed by atoms with E-state index in [0.717, 1.165) is 30.4 Å². The third-order valence-corrected chi connectivity index (χ3v) is 7.41. The number of rotatable bonds is 5. The normalized spacial score (nSPS) is 21.1. The molecule has 3 aromatic rings. The minimum absolute atomic E-state index is 0.0767. The molecular weight excluding hydrogens is 490 g/mol.